The van der Waals surface area contributed by atoms with Crippen LogP contribution in [0.4, 0.5) is 5.82 Å². The van der Waals surface area contributed by atoms with Crippen LogP contribution >= 0.6 is 11.6 Å². The minimum absolute atomic E-state index is 0.709. The lowest BCUT2D eigenvalue weighted by Gasteiger charge is -2.07. The number of hydrogen-bond donors (Lipinski definition) is 1. The predicted octanol–water partition coefficient (Wildman–Crippen LogP) is 4.02. The summed E-state index contributed by atoms with van der Waals surface area (Å²) in [5.41, 5.74) is 2.08. The van der Waals surface area contributed by atoms with E-state index in [0.717, 1.165) is 29.7 Å². The van der Waals surface area contributed by atoms with Crippen LogP contribution in [0.5, 0.6) is 0 Å². The van der Waals surface area contributed by atoms with Gasteiger partial charge in [0.2, 0.25) is 0 Å². The van der Waals surface area contributed by atoms with Crippen molar-refractivity contribution in [2.75, 3.05) is 11.9 Å². The fourth-order valence-corrected chi connectivity index (χ4v) is 1.88. The SMILES string of the molecule is CCCNc1ccc2c(C)ccc(Cl)c2n1. The Morgan fingerprint density at radius 2 is 2.06 bits per heavy atom. The maximum atomic E-state index is 6.14. The normalized spacial score (nSPS) is 10.7. The number of aromatic nitrogens is 1. The van der Waals surface area contributed by atoms with Crippen LogP contribution < -0.4 is 5.32 Å². The molecule has 0 radical (unpaired) electrons. The minimum atomic E-state index is 0.709. The molecular weight excluding hydrogens is 220 g/mol. The number of nitrogens with zero attached hydrogens (tertiary/aromatic N) is 1. The number of nitrogens with one attached hydrogen (secondary N) is 1. The number of anilines is 1. The van der Waals surface area contributed by atoms with Gasteiger partial charge in [-0.2, -0.15) is 0 Å². The quantitative estimate of drug-likeness (QED) is 0.868. The summed E-state index contributed by atoms with van der Waals surface area (Å²) in [7, 11) is 0. The van der Waals surface area contributed by atoms with E-state index in [0.29, 0.717) is 5.02 Å². The van der Waals surface area contributed by atoms with Crippen molar-refractivity contribution in [2.24, 2.45) is 0 Å². The first kappa shape index (κ1) is 11.2. The standard InChI is InChI=1S/C13H15ClN2/c1-3-8-15-12-7-5-10-9(2)4-6-11(14)13(10)16-12/h4-7H,3,8H2,1-2H3,(H,15,16). The molecule has 0 saturated carbocycles. The number of hydrogen-bond acceptors (Lipinski definition) is 2. The van der Waals surface area contributed by atoms with Crippen LogP contribution in [-0.4, -0.2) is 11.5 Å². The summed E-state index contributed by atoms with van der Waals surface area (Å²) in [5, 5.41) is 5.09. The maximum Gasteiger partial charge on any atom is 0.126 e. The van der Waals surface area contributed by atoms with Crippen molar-refractivity contribution in [2.45, 2.75) is 20.3 Å². The van der Waals surface area contributed by atoms with Crippen LogP contribution in [0, 0.1) is 6.92 Å². The molecular formula is C13H15ClN2. The summed E-state index contributed by atoms with van der Waals surface area (Å²) in [4.78, 5) is 4.53. The molecule has 1 N–H and O–H groups in total. The van der Waals surface area contributed by atoms with Crippen LogP contribution in [-0.2, 0) is 0 Å². The molecule has 0 atom stereocenters. The monoisotopic (exact) mass is 234 g/mol. The number of aryl methyl sites for hydroxylation is 1. The van der Waals surface area contributed by atoms with Crippen LogP contribution in [0.2, 0.25) is 5.02 Å². The Hall–Kier alpha value is -1.28. The first-order valence-corrected chi connectivity index (χ1v) is 5.90. The molecule has 0 aliphatic heterocycles. The number of rotatable bonds is 3. The Kier molecular flexibility index (Phi) is 3.30. The van der Waals surface area contributed by atoms with Gasteiger partial charge in [-0.25, -0.2) is 4.98 Å². The van der Waals surface area contributed by atoms with Gasteiger partial charge < -0.3 is 5.32 Å². The lowest BCUT2D eigenvalue weighted by atomic mass is 10.1. The number of benzene rings is 1. The molecule has 1 heterocycles. The second-order valence-corrected chi connectivity index (χ2v) is 4.29. The molecule has 0 amide bonds. The zero-order chi connectivity index (χ0) is 11.5. The molecule has 16 heavy (non-hydrogen) atoms. The largest absolute Gasteiger partial charge is 0.370 e. The summed E-state index contributed by atoms with van der Waals surface area (Å²) in [6.07, 6.45) is 1.08. The smallest absolute Gasteiger partial charge is 0.126 e. The van der Waals surface area contributed by atoms with Gasteiger partial charge in [-0.1, -0.05) is 24.6 Å². The summed E-state index contributed by atoms with van der Waals surface area (Å²) in [6, 6.07) is 7.99. The highest BCUT2D eigenvalue weighted by atomic mass is 35.5. The molecule has 2 aromatic rings. The minimum Gasteiger partial charge on any atom is -0.370 e. The van der Waals surface area contributed by atoms with Crippen molar-refractivity contribution in [1.82, 2.24) is 4.98 Å². The Balaban J connectivity index is 2.48. The lowest BCUT2D eigenvalue weighted by Crippen LogP contribution is -2.01. The Morgan fingerprint density at radius 1 is 1.25 bits per heavy atom. The zero-order valence-electron chi connectivity index (χ0n) is 9.55. The van der Waals surface area contributed by atoms with Gasteiger partial charge in [0, 0.05) is 11.9 Å². The van der Waals surface area contributed by atoms with Gasteiger partial charge >= 0.3 is 0 Å². The topological polar surface area (TPSA) is 24.9 Å². The van der Waals surface area contributed by atoms with Gasteiger partial charge in [0.25, 0.3) is 0 Å². The molecule has 1 aromatic heterocycles. The lowest BCUT2D eigenvalue weighted by molar-refractivity contribution is 0.971. The average Bonchev–Trinajstić information content (AvgIpc) is 2.31. The van der Waals surface area contributed by atoms with Gasteiger partial charge in [0.05, 0.1) is 10.5 Å². The third-order valence-corrected chi connectivity index (χ3v) is 2.89. The van der Waals surface area contributed by atoms with Crippen molar-refractivity contribution in [3.63, 3.8) is 0 Å². The van der Waals surface area contributed by atoms with Crippen molar-refractivity contribution in [3.8, 4) is 0 Å². The first-order valence-electron chi connectivity index (χ1n) is 5.52. The van der Waals surface area contributed by atoms with Crippen LogP contribution in [0.15, 0.2) is 24.3 Å². The van der Waals surface area contributed by atoms with E-state index < -0.39 is 0 Å². The molecule has 84 valence electrons. The average molecular weight is 235 g/mol. The predicted molar refractivity (Wildman–Crippen MR) is 70.3 cm³/mol. The molecule has 1 aromatic carbocycles. The van der Waals surface area contributed by atoms with Crippen molar-refractivity contribution < 1.29 is 0 Å². The van der Waals surface area contributed by atoms with E-state index >= 15 is 0 Å². The van der Waals surface area contributed by atoms with Gasteiger partial charge in [-0.15, -0.1) is 0 Å². The molecule has 0 saturated heterocycles. The molecule has 2 rings (SSSR count). The van der Waals surface area contributed by atoms with E-state index in [1.165, 1.54) is 5.56 Å². The molecule has 0 unspecified atom stereocenters. The fourth-order valence-electron chi connectivity index (χ4n) is 1.68. The highest BCUT2D eigenvalue weighted by Crippen LogP contribution is 2.25. The van der Waals surface area contributed by atoms with Gasteiger partial charge in [-0.05, 0) is 37.1 Å². The van der Waals surface area contributed by atoms with E-state index in [4.69, 9.17) is 11.6 Å². The fraction of sp³-hybridized carbons (Fsp3) is 0.308. The Morgan fingerprint density at radius 3 is 2.81 bits per heavy atom. The summed E-state index contributed by atoms with van der Waals surface area (Å²) in [5.74, 6) is 0.891. The van der Waals surface area contributed by atoms with Gasteiger partial charge in [0.15, 0.2) is 0 Å². The molecule has 0 aliphatic carbocycles. The van der Waals surface area contributed by atoms with Gasteiger partial charge in [-0.3, -0.25) is 0 Å². The second-order valence-electron chi connectivity index (χ2n) is 3.88. The molecule has 0 spiro atoms. The summed E-state index contributed by atoms with van der Waals surface area (Å²) in [6.45, 7) is 5.13. The number of halogens is 1. The van der Waals surface area contributed by atoms with Crippen molar-refractivity contribution in [1.29, 1.82) is 0 Å². The number of fused-ring (bicyclic) bond motifs is 1. The van der Waals surface area contributed by atoms with Crippen molar-refractivity contribution >= 4 is 28.3 Å². The van der Waals surface area contributed by atoms with E-state index in [1.54, 1.807) is 0 Å². The molecule has 2 nitrogen and oxygen atoms in total. The van der Waals surface area contributed by atoms with E-state index in [1.807, 2.05) is 18.2 Å². The number of pyridine rings is 1. The van der Waals surface area contributed by atoms with Crippen LogP contribution in [0.25, 0.3) is 10.9 Å². The van der Waals surface area contributed by atoms with E-state index in [-0.39, 0.29) is 0 Å². The highest BCUT2D eigenvalue weighted by molar-refractivity contribution is 6.35. The maximum absolute atomic E-state index is 6.14. The molecule has 0 bridgehead atoms. The Labute approximate surface area is 101 Å². The van der Waals surface area contributed by atoms with Crippen molar-refractivity contribution in [3.05, 3.63) is 34.9 Å². The summed E-state index contributed by atoms with van der Waals surface area (Å²) < 4.78 is 0. The highest BCUT2D eigenvalue weighted by Gasteiger charge is 2.04. The molecule has 3 heteroatoms. The zero-order valence-corrected chi connectivity index (χ0v) is 10.3. The van der Waals surface area contributed by atoms with Gasteiger partial charge in [0.1, 0.15) is 5.82 Å². The summed E-state index contributed by atoms with van der Waals surface area (Å²) >= 11 is 6.14. The van der Waals surface area contributed by atoms with Crippen LogP contribution in [0.3, 0.4) is 0 Å². The molecule has 0 aliphatic rings. The molecule has 0 fully saturated rings. The van der Waals surface area contributed by atoms with E-state index in [9.17, 15) is 0 Å². The third kappa shape index (κ3) is 2.12. The second kappa shape index (κ2) is 4.71. The first-order chi connectivity index (χ1) is 7.72. The van der Waals surface area contributed by atoms with E-state index in [2.05, 4.69) is 30.2 Å². The Bertz CT molecular complexity index is 509. The van der Waals surface area contributed by atoms with Crippen LogP contribution in [0.1, 0.15) is 18.9 Å². The third-order valence-electron chi connectivity index (χ3n) is 2.58.